The van der Waals surface area contributed by atoms with E-state index in [2.05, 4.69) is 11.1 Å². The van der Waals surface area contributed by atoms with Gasteiger partial charge >= 0.3 is 0 Å². The van der Waals surface area contributed by atoms with Crippen LogP contribution in [0.2, 0.25) is 5.02 Å². The Labute approximate surface area is 126 Å². The summed E-state index contributed by atoms with van der Waals surface area (Å²) in [5.74, 6) is 0.746. The maximum absolute atomic E-state index is 6.36. The molecule has 0 fully saturated rings. The van der Waals surface area contributed by atoms with Crippen molar-refractivity contribution in [1.82, 2.24) is 4.98 Å². The molecule has 4 nitrogen and oxygen atoms in total. The van der Waals surface area contributed by atoms with E-state index in [0.29, 0.717) is 11.6 Å². The summed E-state index contributed by atoms with van der Waals surface area (Å²) in [6.07, 6.45) is 4.19. The smallest absolute Gasteiger partial charge is 0.141 e. The maximum atomic E-state index is 6.36. The van der Waals surface area contributed by atoms with Crippen LogP contribution in [-0.2, 0) is 6.42 Å². The Hall–Kier alpha value is -2.04. The first-order valence-electron chi connectivity index (χ1n) is 6.78. The van der Waals surface area contributed by atoms with Gasteiger partial charge in [0.05, 0.1) is 17.0 Å². The molecule has 0 aliphatic carbocycles. The van der Waals surface area contributed by atoms with Gasteiger partial charge < -0.3 is 14.9 Å². The van der Waals surface area contributed by atoms with Gasteiger partial charge in [-0.25, -0.2) is 0 Å². The average Bonchev–Trinajstić information content (AvgIpc) is 3.12. The second kappa shape index (κ2) is 4.76. The summed E-state index contributed by atoms with van der Waals surface area (Å²) < 4.78 is 11.2. The van der Waals surface area contributed by atoms with Crippen LogP contribution >= 0.6 is 11.6 Å². The van der Waals surface area contributed by atoms with Crippen LogP contribution in [0.3, 0.4) is 0 Å². The van der Waals surface area contributed by atoms with Crippen LogP contribution in [0, 0.1) is 0 Å². The van der Waals surface area contributed by atoms with Crippen molar-refractivity contribution in [2.45, 2.75) is 12.5 Å². The number of furan rings is 1. The zero-order chi connectivity index (χ0) is 14.4. The molecular weight excluding hydrogens is 288 g/mol. The zero-order valence-electron chi connectivity index (χ0n) is 11.2. The molecular formula is C16H13ClN2O2. The largest absolute Gasteiger partial charge is 0.487 e. The van der Waals surface area contributed by atoms with Gasteiger partial charge in [-0.2, -0.15) is 0 Å². The van der Waals surface area contributed by atoms with E-state index in [0.717, 1.165) is 40.0 Å². The molecule has 3 heterocycles. The molecule has 0 radical (unpaired) electrons. The number of benzene rings is 1. The second-order valence-corrected chi connectivity index (χ2v) is 5.53. The van der Waals surface area contributed by atoms with Gasteiger partial charge in [0.2, 0.25) is 0 Å². The Morgan fingerprint density at radius 1 is 1.33 bits per heavy atom. The second-order valence-electron chi connectivity index (χ2n) is 5.12. The van der Waals surface area contributed by atoms with Crippen LogP contribution in [0.1, 0.15) is 5.56 Å². The molecule has 106 valence electrons. The number of fused-ring (bicyclic) bond motifs is 2. The number of rotatable bonds is 2. The first-order chi connectivity index (χ1) is 10.3. The molecule has 5 heteroatoms. The predicted molar refractivity (Wildman–Crippen MR) is 81.6 cm³/mol. The van der Waals surface area contributed by atoms with Crippen molar-refractivity contribution in [2.75, 3.05) is 6.54 Å². The maximum Gasteiger partial charge on any atom is 0.141 e. The number of nitrogens with zero attached hydrogens (tertiary/aromatic N) is 1. The molecule has 0 amide bonds. The number of nitrogens with two attached hydrogens (primary N) is 1. The van der Waals surface area contributed by atoms with E-state index in [-0.39, 0.29) is 6.10 Å². The summed E-state index contributed by atoms with van der Waals surface area (Å²) in [7, 11) is 0. The van der Waals surface area contributed by atoms with Crippen LogP contribution in [-0.4, -0.2) is 17.6 Å². The highest BCUT2D eigenvalue weighted by molar-refractivity contribution is 6.32. The van der Waals surface area contributed by atoms with Crippen molar-refractivity contribution < 1.29 is 9.15 Å². The zero-order valence-corrected chi connectivity index (χ0v) is 11.9. The van der Waals surface area contributed by atoms with Crippen LogP contribution in [0.25, 0.3) is 22.2 Å². The Morgan fingerprint density at radius 2 is 2.24 bits per heavy atom. The Balaban J connectivity index is 1.88. The van der Waals surface area contributed by atoms with Gasteiger partial charge in [-0.05, 0) is 24.3 Å². The lowest BCUT2D eigenvalue weighted by Crippen LogP contribution is -2.24. The molecule has 0 bridgehead atoms. The molecule has 3 aromatic rings. The monoisotopic (exact) mass is 300 g/mol. The number of hydrogen-bond donors (Lipinski definition) is 1. The molecule has 2 N–H and O–H groups in total. The molecule has 0 unspecified atom stereocenters. The quantitative estimate of drug-likeness (QED) is 0.788. The van der Waals surface area contributed by atoms with Crippen molar-refractivity contribution in [3.8, 4) is 17.0 Å². The molecule has 0 saturated carbocycles. The molecule has 0 saturated heterocycles. The minimum absolute atomic E-state index is 0.00502. The number of aromatic nitrogens is 1. The lowest BCUT2D eigenvalue weighted by molar-refractivity contribution is 0.241. The van der Waals surface area contributed by atoms with E-state index in [9.17, 15) is 0 Å². The van der Waals surface area contributed by atoms with E-state index >= 15 is 0 Å². The van der Waals surface area contributed by atoms with Crippen molar-refractivity contribution >= 4 is 22.6 Å². The third-order valence-electron chi connectivity index (χ3n) is 3.77. The fourth-order valence-corrected chi connectivity index (χ4v) is 3.06. The molecule has 0 spiro atoms. The standard InChI is InChI=1S/C16H13ClN2O2/c17-13-7-9(5-10-6-11(8-18)21-16(10)13)15-12-2-4-20-14(12)1-3-19-15/h1-5,7,11H,6,8,18H2/t11-/m1/s1. The van der Waals surface area contributed by atoms with Crippen LogP contribution < -0.4 is 10.5 Å². The number of hydrogen-bond acceptors (Lipinski definition) is 4. The molecule has 1 aliphatic rings. The van der Waals surface area contributed by atoms with Gasteiger partial charge in [0.1, 0.15) is 17.4 Å². The highest BCUT2D eigenvalue weighted by atomic mass is 35.5. The highest BCUT2D eigenvalue weighted by Gasteiger charge is 2.25. The summed E-state index contributed by atoms with van der Waals surface area (Å²) >= 11 is 6.36. The summed E-state index contributed by atoms with van der Waals surface area (Å²) in [5.41, 5.74) is 9.40. The molecule has 2 aromatic heterocycles. The molecule has 1 aliphatic heterocycles. The van der Waals surface area contributed by atoms with Gasteiger partial charge in [-0.3, -0.25) is 4.98 Å². The van der Waals surface area contributed by atoms with E-state index in [1.807, 2.05) is 18.2 Å². The Morgan fingerprint density at radius 3 is 3.10 bits per heavy atom. The minimum Gasteiger partial charge on any atom is -0.487 e. The van der Waals surface area contributed by atoms with E-state index < -0.39 is 0 Å². The average molecular weight is 301 g/mol. The molecule has 1 aromatic carbocycles. The van der Waals surface area contributed by atoms with Crippen LogP contribution in [0.4, 0.5) is 0 Å². The third-order valence-corrected chi connectivity index (χ3v) is 4.05. The summed E-state index contributed by atoms with van der Waals surface area (Å²) in [5, 5.41) is 1.57. The number of pyridine rings is 1. The highest BCUT2D eigenvalue weighted by Crippen LogP contribution is 2.40. The van der Waals surface area contributed by atoms with Crippen molar-refractivity contribution in [1.29, 1.82) is 0 Å². The van der Waals surface area contributed by atoms with Gasteiger partial charge in [0, 0.05) is 35.7 Å². The topological polar surface area (TPSA) is 61.3 Å². The van der Waals surface area contributed by atoms with Gasteiger partial charge in [-0.1, -0.05) is 11.6 Å². The SMILES string of the molecule is NC[C@H]1Cc2cc(-c3nccc4occc34)cc(Cl)c2O1. The summed E-state index contributed by atoms with van der Waals surface area (Å²) in [4.78, 5) is 4.47. The van der Waals surface area contributed by atoms with E-state index in [4.69, 9.17) is 26.5 Å². The van der Waals surface area contributed by atoms with Crippen LogP contribution in [0.5, 0.6) is 5.75 Å². The Kier molecular flexibility index (Phi) is 2.87. The van der Waals surface area contributed by atoms with Crippen molar-refractivity contribution in [2.24, 2.45) is 5.73 Å². The van der Waals surface area contributed by atoms with Crippen molar-refractivity contribution in [3.05, 3.63) is 47.3 Å². The van der Waals surface area contributed by atoms with Gasteiger partial charge in [-0.15, -0.1) is 0 Å². The van der Waals surface area contributed by atoms with Crippen LogP contribution in [0.15, 0.2) is 41.1 Å². The molecule has 4 rings (SSSR count). The lowest BCUT2D eigenvalue weighted by Gasteiger charge is -2.08. The van der Waals surface area contributed by atoms with E-state index in [1.165, 1.54) is 0 Å². The molecule has 21 heavy (non-hydrogen) atoms. The predicted octanol–water partition coefficient (Wildman–Crippen LogP) is 3.41. The first kappa shape index (κ1) is 12.7. The fourth-order valence-electron chi connectivity index (χ4n) is 2.78. The fraction of sp³-hybridized carbons (Fsp3) is 0.188. The first-order valence-corrected chi connectivity index (χ1v) is 7.16. The van der Waals surface area contributed by atoms with Crippen molar-refractivity contribution in [3.63, 3.8) is 0 Å². The third kappa shape index (κ3) is 1.99. The number of ether oxygens (including phenoxy) is 1. The van der Waals surface area contributed by atoms with Gasteiger partial charge in [0.15, 0.2) is 0 Å². The summed E-state index contributed by atoms with van der Waals surface area (Å²) in [6.45, 7) is 0.482. The van der Waals surface area contributed by atoms with Gasteiger partial charge in [0.25, 0.3) is 0 Å². The molecule has 1 atom stereocenters. The normalized spacial score (nSPS) is 17.0. The summed E-state index contributed by atoms with van der Waals surface area (Å²) in [6, 6.07) is 7.72. The lowest BCUT2D eigenvalue weighted by atomic mass is 10.0. The van der Waals surface area contributed by atoms with E-state index in [1.54, 1.807) is 12.5 Å². The Bertz CT molecular complexity index is 828. The minimum atomic E-state index is 0.00502. The number of halogens is 1.